The summed E-state index contributed by atoms with van der Waals surface area (Å²) in [5, 5.41) is 1.29. The van der Waals surface area contributed by atoms with Gasteiger partial charge in [-0.05, 0) is 30.3 Å². The van der Waals surface area contributed by atoms with Crippen LogP contribution in [0.5, 0.6) is 0 Å². The molecule has 0 saturated carbocycles. The molecule has 0 fully saturated rings. The van der Waals surface area contributed by atoms with Crippen molar-refractivity contribution in [2.24, 2.45) is 0 Å². The van der Waals surface area contributed by atoms with E-state index in [0.29, 0.717) is 26.5 Å². The Kier molecular flexibility index (Phi) is 3.01. The second kappa shape index (κ2) is 4.68. The predicted molar refractivity (Wildman–Crippen MR) is 75.7 cm³/mol. The second-order valence-electron chi connectivity index (χ2n) is 3.95. The van der Waals surface area contributed by atoms with Crippen molar-refractivity contribution in [3.05, 3.63) is 62.9 Å². The minimum absolute atomic E-state index is 0.199. The SMILES string of the molecule is O=c1oc(-c2ccccc2Cl)nc2ccc(Cl)cc12. The molecule has 0 aliphatic rings. The van der Waals surface area contributed by atoms with Crippen molar-refractivity contribution < 1.29 is 4.42 Å². The number of hydrogen-bond donors (Lipinski definition) is 0. The molecule has 0 amide bonds. The summed E-state index contributed by atoms with van der Waals surface area (Å²) < 4.78 is 5.20. The first kappa shape index (κ1) is 12.2. The molecule has 94 valence electrons. The monoisotopic (exact) mass is 291 g/mol. The van der Waals surface area contributed by atoms with E-state index in [1.54, 1.807) is 36.4 Å². The van der Waals surface area contributed by atoms with E-state index >= 15 is 0 Å². The van der Waals surface area contributed by atoms with E-state index in [0.717, 1.165) is 0 Å². The van der Waals surface area contributed by atoms with Gasteiger partial charge in [0.2, 0.25) is 5.89 Å². The van der Waals surface area contributed by atoms with Gasteiger partial charge in [0.1, 0.15) is 0 Å². The van der Waals surface area contributed by atoms with Crippen LogP contribution in [0, 0.1) is 0 Å². The number of benzene rings is 2. The number of fused-ring (bicyclic) bond motifs is 1. The molecular weight excluding hydrogens is 285 g/mol. The lowest BCUT2D eigenvalue weighted by molar-refractivity contribution is 0.518. The zero-order chi connectivity index (χ0) is 13.4. The number of aromatic nitrogens is 1. The molecule has 0 aliphatic carbocycles. The molecule has 0 spiro atoms. The zero-order valence-corrected chi connectivity index (χ0v) is 11.1. The summed E-state index contributed by atoms with van der Waals surface area (Å²) >= 11 is 11.9. The molecule has 0 bridgehead atoms. The smallest absolute Gasteiger partial charge is 0.347 e. The highest BCUT2D eigenvalue weighted by Gasteiger charge is 2.11. The van der Waals surface area contributed by atoms with Crippen molar-refractivity contribution in [2.45, 2.75) is 0 Å². The van der Waals surface area contributed by atoms with Crippen LogP contribution in [0.1, 0.15) is 0 Å². The highest BCUT2D eigenvalue weighted by atomic mass is 35.5. The molecule has 5 heteroatoms. The minimum atomic E-state index is -0.484. The van der Waals surface area contributed by atoms with Crippen molar-refractivity contribution in [1.29, 1.82) is 0 Å². The van der Waals surface area contributed by atoms with Gasteiger partial charge in [-0.3, -0.25) is 0 Å². The summed E-state index contributed by atoms with van der Waals surface area (Å²) in [5.41, 5.74) is 0.621. The maximum atomic E-state index is 11.9. The van der Waals surface area contributed by atoms with Gasteiger partial charge in [0.25, 0.3) is 0 Å². The maximum Gasteiger partial charge on any atom is 0.347 e. The van der Waals surface area contributed by atoms with E-state index in [-0.39, 0.29) is 5.89 Å². The van der Waals surface area contributed by atoms with Gasteiger partial charge in [0, 0.05) is 5.02 Å². The fourth-order valence-corrected chi connectivity index (χ4v) is 2.18. The van der Waals surface area contributed by atoms with E-state index in [1.807, 2.05) is 0 Å². The van der Waals surface area contributed by atoms with Gasteiger partial charge in [-0.1, -0.05) is 35.3 Å². The zero-order valence-electron chi connectivity index (χ0n) is 9.56. The van der Waals surface area contributed by atoms with Crippen LogP contribution < -0.4 is 5.63 Å². The summed E-state index contributed by atoms with van der Waals surface area (Å²) in [4.78, 5) is 16.2. The number of halogens is 2. The molecule has 1 aromatic heterocycles. The van der Waals surface area contributed by atoms with Crippen LogP contribution in [0.2, 0.25) is 10.0 Å². The Hall–Kier alpha value is -1.84. The molecule has 1 heterocycles. The third kappa shape index (κ3) is 2.23. The Bertz CT molecular complexity index is 827. The molecule has 3 aromatic rings. The van der Waals surface area contributed by atoms with Gasteiger partial charge < -0.3 is 4.42 Å². The molecule has 2 aromatic carbocycles. The Labute approximate surface area is 118 Å². The van der Waals surface area contributed by atoms with Gasteiger partial charge >= 0.3 is 5.63 Å². The normalized spacial score (nSPS) is 10.8. The van der Waals surface area contributed by atoms with Crippen LogP contribution in [0.25, 0.3) is 22.4 Å². The average Bonchev–Trinajstić information content (AvgIpc) is 2.40. The highest BCUT2D eigenvalue weighted by Crippen LogP contribution is 2.26. The maximum absolute atomic E-state index is 11.9. The standard InChI is InChI=1S/C14H7Cl2NO2/c15-8-5-6-12-10(7-8)14(18)19-13(17-12)9-3-1-2-4-11(9)16/h1-7H. The van der Waals surface area contributed by atoms with Crippen LogP contribution in [0.3, 0.4) is 0 Å². The van der Waals surface area contributed by atoms with Gasteiger partial charge in [-0.2, -0.15) is 0 Å². The lowest BCUT2D eigenvalue weighted by atomic mass is 10.2. The Morgan fingerprint density at radius 1 is 1.05 bits per heavy atom. The van der Waals surface area contributed by atoms with E-state index in [4.69, 9.17) is 27.6 Å². The summed E-state index contributed by atoms with van der Waals surface area (Å²) in [6, 6.07) is 11.9. The first-order valence-electron chi connectivity index (χ1n) is 5.50. The molecule has 0 N–H and O–H groups in total. The molecule has 19 heavy (non-hydrogen) atoms. The molecule has 0 aliphatic heterocycles. The largest absolute Gasteiger partial charge is 0.403 e. The predicted octanol–water partition coefficient (Wildman–Crippen LogP) is 4.16. The van der Waals surface area contributed by atoms with E-state index in [1.165, 1.54) is 6.07 Å². The fraction of sp³-hybridized carbons (Fsp3) is 0. The Morgan fingerprint density at radius 2 is 1.84 bits per heavy atom. The van der Waals surface area contributed by atoms with Crippen molar-refractivity contribution in [3.63, 3.8) is 0 Å². The summed E-state index contributed by atoms with van der Waals surface area (Å²) in [5.74, 6) is 0.199. The van der Waals surface area contributed by atoms with Crippen LogP contribution in [-0.4, -0.2) is 4.98 Å². The molecule has 0 unspecified atom stereocenters. The first-order valence-corrected chi connectivity index (χ1v) is 6.26. The average molecular weight is 292 g/mol. The molecule has 0 atom stereocenters. The van der Waals surface area contributed by atoms with Gasteiger partial charge in [-0.15, -0.1) is 0 Å². The van der Waals surface area contributed by atoms with Crippen molar-refractivity contribution >= 4 is 34.1 Å². The quantitative estimate of drug-likeness (QED) is 0.676. The molecule has 0 radical (unpaired) electrons. The number of nitrogens with zero attached hydrogens (tertiary/aromatic N) is 1. The van der Waals surface area contributed by atoms with Gasteiger partial charge in [-0.25, -0.2) is 9.78 Å². The first-order chi connectivity index (χ1) is 9.15. The van der Waals surface area contributed by atoms with Crippen LogP contribution >= 0.6 is 23.2 Å². The van der Waals surface area contributed by atoms with Crippen LogP contribution in [0.4, 0.5) is 0 Å². The lowest BCUT2D eigenvalue weighted by Gasteiger charge is -2.03. The van der Waals surface area contributed by atoms with Gasteiger partial charge in [0.05, 0.1) is 21.5 Å². The van der Waals surface area contributed by atoms with Crippen LogP contribution in [-0.2, 0) is 0 Å². The third-order valence-corrected chi connectivity index (χ3v) is 3.26. The van der Waals surface area contributed by atoms with E-state index < -0.39 is 5.63 Å². The summed E-state index contributed by atoms with van der Waals surface area (Å²) in [6.45, 7) is 0. The van der Waals surface area contributed by atoms with Crippen molar-refractivity contribution in [2.75, 3.05) is 0 Å². The second-order valence-corrected chi connectivity index (χ2v) is 4.79. The van der Waals surface area contributed by atoms with Crippen molar-refractivity contribution in [3.8, 4) is 11.5 Å². The van der Waals surface area contributed by atoms with E-state index in [9.17, 15) is 4.79 Å². The molecule has 3 rings (SSSR count). The number of rotatable bonds is 1. The van der Waals surface area contributed by atoms with Crippen LogP contribution in [0.15, 0.2) is 51.7 Å². The summed E-state index contributed by atoms with van der Waals surface area (Å²) in [6.07, 6.45) is 0. The molecule has 3 nitrogen and oxygen atoms in total. The summed E-state index contributed by atoms with van der Waals surface area (Å²) in [7, 11) is 0. The Balaban J connectivity index is 2.31. The number of hydrogen-bond acceptors (Lipinski definition) is 3. The Morgan fingerprint density at radius 3 is 2.63 bits per heavy atom. The van der Waals surface area contributed by atoms with Gasteiger partial charge in [0.15, 0.2) is 0 Å². The minimum Gasteiger partial charge on any atom is -0.403 e. The highest BCUT2D eigenvalue weighted by molar-refractivity contribution is 6.33. The molecule has 0 saturated heterocycles. The topological polar surface area (TPSA) is 43.1 Å². The van der Waals surface area contributed by atoms with E-state index in [2.05, 4.69) is 4.98 Å². The molecular formula is C14H7Cl2NO2. The third-order valence-electron chi connectivity index (χ3n) is 2.69. The van der Waals surface area contributed by atoms with Crippen molar-refractivity contribution in [1.82, 2.24) is 4.98 Å². The lowest BCUT2D eigenvalue weighted by Crippen LogP contribution is -2.03. The fourth-order valence-electron chi connectivity index (χ4n) is 1.79.